The molecule has 1 heterocycles. The van der Waals surface area contributed by atoms with Gasteiger partial charge in [-0.05, 0) is 68.6 Å². The highest BCUT2D eigenvalue weighted by atomic mass is 31.1. The molecule has 1 unspecified atom stereocenters. The fraction of sp³-hybridized carbons (Fsp3) is 0.0370. The molecule has 0 radical (unpaired) electrons. The minimum absolute atomic E-state index is 0.402. The van der Waals surface area contributed by atoms with Gasteiger partial charge in [-0.2, -0.15) is 0 Å². The van der Waals surface area contributed by atoms with Gasteiger partial charge in [0, 0.05) is 0 Å². The smallest absolute Gasteiger partial charge is 0.00973 e. The monoisotopic (exact) mass is 374 g/mol. The molecule has 5 aromatic carbocycles. The van der Waals surface area contributed by atoms with Gasteiger partial charge in [-0.15, -0.1) is 0 Å². The molecule has 132 valence electrons. The lowest BCUT2D eigenvalue weighted by Crippen LogP contribution is -2.14. The minimum Gasteiger partial charge on any atom is -0.0616 e. The second kappa shape index (κ2) is 6.03. The SMILES string of the molecule is CP1c2ccc3ccccc3c2C=Cc2c1ccc1c2ccc2ccccc21. The van der Waals surface area contributed by atoms with Crippen molar-refractivity contribution in [3.8, 4) is 0 Å². The Morgan fingerprint density at radius 2 is 1.00 bits per heavy atom. The summed E-state index contributed by atoms with van der Waals surface area (Å²) in [5.41, 5.74) is 2.77. The molecule has 0 saturated carbocycles. The molecule has 28 heavy (non-hydrogen) atoms. The van der Waals surface area contributed by atoms with E-state index in [4.69, 9.17) is 0 Å². The lowest BCUT2D eigenvalue weighted by atomic mass is 9.97. The average Bonchev–Trinajstić information content (AvgIpc) is 2.90. The molecule has 0 aromatic heterocycles. The Morgan fingerprint density at radius 1 is 0.464 bits per heavy atom. The van der Waals surface area contributed by atoms with Gasteiger partial charge >= 0.3 is 0 Å². The molecule has 0 nitrogen and oxygen atoms in total. The zero-order chi connectivity index (χ0) is 18.7. The van der Waals surface area contributed by atoms with Gasteiger partial charge in [0.25, 0.3) is 0 Å². The Morgan fingerprint density at radius 3 is 1.79 bits per heavy atom. The van der Waals surface area contributed by atoms with Gasteiger partial charge < -0.3 is 0 Å². The molecule has 1 atom stereocenters. The van der Waals surface area contributed by atoms with E-state index in [0.717, 1.165) is 0 Å². The van der Waals surface area contributed by atoms with E-state index in [1.54, 1.807) is 0 Å². The summed E-state index contributed by atoms with van der Waals surface area (Å²) in [6, 6.07) is 31.3. The molecule has 0 N–H and O–H groups in total. The van der Waals surface area contributed by atoms with Crippen LogP contribution >= 0.6 is 7.92 Å². The summed E-state index contributed by atoms with van der Waals surface area (Å²) < 4.78 is 0. The van der Waals surface area contributed by atoms with Gasteiger partial charge in [-0.1, -0.05) is 97.1 Å². The van der Waals surface area contributed by atoms with Crippen molar-refractivity contribution in [2.75, 3.05) is 6.66 Å². The van der Waals surface area contributed by atoms with E-state index in [-0.39, 0.29) is 0 Å². The highest BCUT2D eigenvalue weighted by Gasteiger charge is 2.20. The van der Waals surface area contributed by atoms with Crippen LogP contribution in [0.3, 0.4) is 0 Å². The molecule has 5 aromatic rings. The fourth-order valence-corrected chi connectivity index (χ4v) is 6.58. The van der Waals surface area contributed by atoms with Crippen molar-refractivity contribution < 1.29 is 0 Å². The summed E-state index contributed by atoms with van der Waals surface area (Å²) in [5, 5.41) is 11.0. The van der Waals surface area contributed by atoms with Gasteiger partial charge in [0.2, 0.25) is 0 Å². The second-order valence-electron chi connectivity index (χ2n) is 7.49. The number of fused-ring (bicyclic) bond motifs is 8. The van der Waals surface area contributed by atoms with Crippen LogP contribution in [0.4, 0.5) is 0 Å². The van der Waals surface area contributed by atoms with Gasteiger partial charge in [-0.3, -0.25) is 0 Å². The van der Waals surface area contributed by atoms with Crippen LogP contribution in [0, 0.1) is 0 Å². The minimum atomic E-state index is -0.402. The van der Waals surface area contributed by atoms with Crippen LogP contribution in [0.5, 0.6) is 0 Å². The van der Waals surface area contributed by atoms with Crippen molar-refractivity contribution in [2.24, 2.45) is 0 Å². The average molecular weight is 374 g/mol. The Balaban J connectivity index is 1.69. The van der Waals surface area contributed by atoms with E-state index in [1.807, 2.05) is 0 Å². The van der Waals surface area contributed by atoms with Gasteiger partial charge in [0.05, 0.1) is 0 Å². The van der Waals surface area contributed by atoms with E-state index in [1.165, 1.54) is 54.1 Å². The van der Waals surface area contributed by atoms with Gasteiger partial charge in [-0.25, -0.2) is 0 Å². The summed E-state index contributed by atoms with van der Waals surface area (Å²) in [6.07, 6.45) is 4.69. The highest BCUT2D eigenvalue weighted by Crippen LogP contribution is 2.40. The third-order valence-corrected chi connectivity index (χ3v) is 8.26. The number of benzene rings is 5. The van der Waals surface area contributed by atoms with Crippen molar-refractivity contribution in [2.45, 2.75) is 0 Å². The maximum Gasteiger partial charge on any atom is -0.00973 e. The van der Waals surface area contributed by atoms with Crippen molar-refractivity contribution in [3.63, 3.8) is 0 Å². The molecule has 1 heteroatoms. The molecular weight excluding hydrogens is 355 g/mol. The number of rotatable bonds is 0. The van der Waals surface area contributed by atoms with E-state index in [0.29, 0.717) is 0 Å². The molecule has 0 saturated heterocycles. The maximum absolute atomic E-state index is 2.40. The summed E-state index contributed by atoms with van der Waals surface area (Å²) in [5.74, 6) is 0. The summed E-state index contributed by atoms with van der Waals surface area (Å²) in [4.78, 5) is 0. The van der Waals surface area contributed by atoms with Crippen LogP contribution < -0.4 is 10.6 Å². The fourth-order valence-electron chi connectivity index (χ4n) is 4.62. The second-order valence-corrected chi connectivity index (χ2v) is 9.57. The number of hydrogen-bond donors (Lipinski definition) is 0. The third-order valence-electron chi connectivity index (χ3n) is 6.03. The van der Waals surface area contributed by atoms with Crippen LogP contribution in [0.25, 0.3) is 44.5 Å². The Hall–Kier alpha value is -2.95. The summed E-state index contributed by atoms with van der Waals surface area (Å²) in [7, 11) is -0.402. The van der Waals surface area contributed by atoms with E-state index in [9.17, 15) is 0 Å². The molecule has 1 aliphatic rings. The van der Waals surface area contributed by atoms with Crippen LogP contribution in [-0.4, -0.2) is 6.66 Å². The topological polar surface area (TPSA) is 0 Å². The predicted molar refractivity (Wildman–Crippen MR) is 126 cm³/mol. The first-order valence-corrected chi connectivity index (χ1v) is 11.5. The van der Waals surface area contributed by atoms with Crippen LogP contribution in [0.2, 0.25) is 0 Å². The lowest BCUT2D eigenvalue weighted by Gasteiger charge is -2.19. The standard InChI is InChI=1S/C27H19P/c1-28-26-16-11-19-7-3-5-9-21(19)24(26)13-14-25-23-12-10-18-6-2-4-8-20(18)22(23)15-17-27(25)28/h2-17H,1H3. The maximum atomic E-state index is 2.40. The highest BCUT2D eigenvalue weighted by molar-refractivity contribution is 7.72. The quantitative estimate of drug-likeness (QED) is 0.209. The summed E-state index contributed by atoms with van der Waals surface area (Å²) >= 11 is 0. The lowest BCUT2D eigenvalue weighted by molar-refractivity contribution is 1.76. The first-order chi connectivity index (χ1) is 13.8. The van der Waals surface area contributed by atoms with Crippen molar-refractivity contribution in [3.05, 3.63) is 96.1 Å². The van der Waals surface area contributed by atoms with E-state index >= 15 is 0 Å². The first-order valence-electron chi connectivity index (χ1n) is 9.69. The van der Waals surface area contributed by atoms with Gasteiger partial charge in [0.1, 0.15) is 0 Å². The molecular formula is C27H19P. The summed E-state index contributed by atoms with van der Waals surface area (Å²) in [6.45, 7) is 2.40. The van der Waals surface area contributed by atoms with Crippen molar-refractivity contribution >= 4 is 63.0 Å². The Labute approximate surface area is 165 Å². The molecule has 1 aliphatic heterocycles. The first kappa shape index (κ1) is 16.0. The van der Waals surface area contributed by atoms with Crippen LogP contribution in [0.1, 0.15) is 11.1 Å². The van der Waals surface area contributed by atoms with E-state index < -0.39 is 7.92 Å². The molecule has 0 bridgehead atoms. The largest absolute Gasteiger partial charge is 0.0616 e. The molecule has 0 fully saturated rings. The Bertz CT molecular complexity index is 1430. The normalized spacial score (nSPS) is 15.5. The van der Waals surface area contributed by atoms with Crippen LogP contribution in [-0.2, 0) is 0 Å². The molecule has 0 spiro atoms. The predicted octanol–water partition coefficient (Wildman–Crippen LogP) is 6.69. The molecule has 0 amide bonds. The third kappa shape index (κ3) is 2.22. The Kier molecular flexibility index (Phi) is 3.45. The zero-order valence-corrected chi connectivity index (χ0v) is 16.6. The van der Waals surface area contributed by atoms with Crippen LogP contribution in [0.15, 0.2) is 84.9 Å². The molecule has 6 rings (SSSR count). The van der Waals surface area contributed by atoms with Gasteiger partial charge in [0.15, 0.2) is 0 Å². The van der Waals surface area contributed by atoms with Crippen molar-refractivity contribution in [1.82, 2.24) is 0 Å². The molecule has 0 aliphatic carbocycles. The number of hydrogen-bond acceptors (Lipinski definition) is 0. The van der Waals surface area contributed by atoms with E-state index in [2.05, 4.69) is 104 Å². The zero-order valence-electron chi connectivity index (χ0n) is 15.7. The van der Waals surface area contributed by atoms with Crippen molar-refractivity contribution in [1.29, 1.82) is 0 Å².